The number of carbonyl (C=O) groups is 1. The number of rotatable bonds is 3. The number of aromatic nitrogens is 2. The highest BCUT2D eigenvalue weighted by Crippen LogP contribution is 2.19. The highest BCUT2D eigenvalue weighted by Gasteiger charge is 2.28. The summed E-state index contributed by atoms with van der Waals surface area (Å²) in [7, 11) is 0. The number of hydrogen-bond acceptors (Lipinski definition) is 4. The van der Waals surface area contributed by atoms with Crippen molar-refractivity contribution >= 4 is 23.2 Å². The van der Waals surface area contributed by atoms with Crippen molar-refractivity contribution in [2.45, 2.75) is 31.8 Å². The first-order valence-corrected chi connectivity index (χ1v) is 7.57. The van der Waals surface area contributed by atoms with Gasteiger partial charge < -0.3 is 5.11 Å². The van der Waals surface area contributed by atoms with Gasteiger partial charge >= 0.3 is 5.97 Å². The van der Waals surface area contributed by atoms with Crippen molar-refractivity contribution in [1.82, 2.24) is 14.3 Å². The second kappa shape index (κ2) is 6.06. The van der Waals surface area contributed by atoms with Crippen LogP contribution in [0.1, 0.15) is 25.0 Å². The molecule has 0 radical (unpaired) electrons. The van der Waals surface area contributed by atoms with Gasteiger partial charge in [-0.25, -0.2) is 4.98 Å². The zero-order chi connectivity index (χ0) is 15.7. The van der Waals surface area contributed by atoms with Crippen molar-refractivity contribution in [3.05, 3.63) is 45.5 Å². The molecule has 3 rings (SSSR count). The van der Waals surface area contributed by atoms with Gasteiger partial charge in [-0.3, -0.25) is 18.9 Å². The summed E-state index contributed by atoms with van der Waals surface area (Å²) in [4.78, 5) is 29.8. The number of likely N-dealkylation sites (tertiary alicyclic amines) is 1. The maximum absolute atomic E-state index is 12.1. The lowest BCUT2D eigenvalue weighted by molar-refractivity contribution is -0.144. The quantitative estimate of drug-likeness (QED) is 0.932. The first kappa shape index (κ1) is 15.0. The van der Waals surface area contributed by atoms with Gasteiger partial charge in [0.1, 0.15) is 11.7 Å². The molecule has 2 aromatic heterocycles. The summed E-state index contributed by atoms with van der Waals surface area (Å²) < 4.78 is 1.39. The summed E-state index contributed by atoms with van der Waals surface area (Å²) in [6, 6.07) is 4.29. The van der Waals surface area contributed by atoms with Gasteiger partial charge in [0.2, 0.25) is 0 Å². The largest absolute Gasteiger partial charge is 0.480 e. The van der Waals surface area contributed by atoms with Crippen molar-refractivity contribution in [2.24, 2.45) is 0 Å². The van der Waals surface area contributed by atoms with E-state index >= 15 is 0 Å². The van der Waals surface area contributed by atoms with Gasteiger partial charge in [-0.2, -0.15) is 0 Å². The molecule has 0 bridgehead atoms. The smallest absolute Gasteiger partial charge is 0.320 e. The van der Waals surface area contributed by atoms with Gasteiger partial charge in [-0.05, 0) is 31.5 Å². The minimum Gasteiger partial charge on any atom is -0.480 e. The Morgan fingerprint density at radius 2 is 2.23 bits per heavy atom. The Balaban J connectivity index is 1.92. The van der Waals surface area contributed by atoms with Crippen LogP contribution < -0.4 is 5.56 Å². The SMILES string of the molecule is O=C(O)C1CCCCN1Cc1cc(=O)n2cc(Cl)ccc2n1. The fourth-order valence-corrected chi connectivity index (χ4v) is 3.04. The molecule has 1 aliphatic rings. The van der Waals surface area contributed by atoms with E-state index in [1.807, 2.05) is 4.90 Å². The van der Waals surface area contributed by atoms with E-state index in [1.165, 1.54) is 16.7 Å². The number of hydrogen-bond donors (Lipinski definition) is 1. The third-order valence-corrected chi connectivity index (χ3v) is 4.16. The summed E-state index contributed by atoms with van der Waals surface area (Å²) >= 11 is 5.88. The minimum atomic E-state index is -0.816. The Morgan fingerprint density at radius 3 is 3.00 bits per heavy atom. The van der Waals surface area contributed by atoms with Crippen molar-refractivity contribution in [3.8, 4) is 0 Å². The van der Waals surface area contributed by atoms with E-state index in [2.05, 4.69) is 4.98 Å². The number of pyridine rings is 1. The second-order valence-electron chi connectivity index (χ2n) is 5.48. The maximum atomic E-state index is 12.1. The lowest BCUT2D eigenvalue weighted by atomic mass is 10.0. The average molecular weight is 322 g/mol. The Morgan fingerprint density at radius 1 is 1.41 bits per heavy atom. The molecule has 7 heteroatoms. The number of piperidine rings is 1. The molecule has 0 aromatic carbocycles. The molecule has 0 spiro atoms. The molecule has 1 N–H and O–H groups in total. The van der Waals surface area contributed by atoms with E-state index in [9.17, 15) is 14.7 Å². The molecule has 6 nitrogen and oxygen atoms in total. The van der Waals surface area contributed by atoms with Crippen molar-refractivity contribution < 1.29 is 9.90 Å². The molecule has 0 aliphatic carbocycles. The van der Waals surface area contributed by atoms with Crippen LogP contribution in [0.15, 0.2) is 29.2 Å². The highest BCUT2D eigenvalue weighted by atomic mass is 35.5. The number of aliphatic carboxylic acids is 1. The number of nitrogens with zero attached hydrogens (tertiary/aromatic N) is 3. The summed E-state index contributed by atoms with van der Waals surface area (Å²) in [5.41, 5.74) is 0.877. The monoisotopic (exact) mass is 321 g/mol. The van der Waals surface area contributed by atoms with Crippen LogP contribution in [0.4, 0.5) is 0 Å². The van der Waals surface area contributed by atoms with Gasteiger partial charge in [0.25, 0.3) is 5.56 Å². The van der Waals surface area contributed by atoms with Gasteiger partial charge in [0, 0.05) is 18.8 Å². The molecule has 1 fully saturated rings. The summed E-state index contributed by atoms with van der Waals surface area (Å²) in [5.74, 6) is -0.816. The van der Waals surface area contributed by atoms with E-state index in [0.29, 0.717) is 35.9 Å². The number of carboxylic acid groups (broad SMARTS) is 1. The normalized spacial score (nSPS) is 19.4. The first-order chi connectivity index (χ1) is 10.5. The van der Waals surface area contributed by atoms with Gasteiger partial charge in [-0.1, -0.05) is 18.0 Å². The molecular formula is C15H16ClN3O3. The van der Waals surface area contributed by atoms with Crippen LogP contribution in [0.25, 0.3) is 5.65 Å². The van der Waals surface area contributed by atoms with Crippen molar-refractivity contribution in [2.75, 3.05) is 6.54 Å². The Bertz CT molecular complexity index is 774. The van der Waals surface area contributed by atoms with E-state index in [-0.39, 0.29) is 5.56 Å². The lowest BCUT2D eigenvalue weighted by Crippen LogP contribution is -2.44. The maximum Gasteiger partial charge on any atom is 0.320 e. The van der Waals surface area contributed by atoms with Crippen molar-refractivity contribution in [3.63, 3.8) is 0 Å². The fraction of sp³-hybridized carbons (Fsp3) is 0.400. The zero-order valence-electron chi connectivity index (χ0n) is 11.9. The van der Waals surface area contributed by atoms with E-state index < -0.39 is 12.0 Å². The average Bonchev–Trinajstić information content (AvgIpc) is 2.48. The lowest BCUT2D eigenvalue weighted by Gasteiger charge is -2.32. The fourth-order valence-electron chi connectivity index (χ4n) is 2.88. The minimum absolute atomic E-state index is 0.216. The van der Waals surface area contributed by atoms with E-state index in [0.717, 1.165) is 12.8 Å². The van der Waals surface area contributed by atoms with Gasteiger partial charge in [0.05, 0.1) is 10.7 Å². The molecule has 22 heavy (non-hydrogen) atoms. The van der Waals surface area contributed by atoms with Crippen LogP contribution in [0.3, 0.4) is 0 Å². The van der Waals surface area contributed by atoms with E-state index in [1.54, 1.807) is 12.1 Å². The van der Waals surface area contributed by atoms with Crippen LogP contribution in [0, 0.1) is 0 Å². The second-order valence-corrected chi connectivity index (χ2v) is 5.92. The molecule has 1 saturated heterocycles. The number of fused-ring (bicyclic) bond motifs is 1. The Labute approximate surface area is 132 Å². The third kappa shape index (κ3) is 2.98. The topological polar surface area (TPSA) is 74.9 Å². The molecule has 116 valence electrons. The Kier molecular flexibility index (Phi) is 4.13. The molecule has 1 unspecified atom stereocenters. The van der Waals surface area contributed by atoms with Crippen molar-refractivity contribution in [1.29, 1.82) is 0 Å². The van der Waals surface area contributed by atoms with Gasteiger partial charge in [0.15, 0.2) is 0 Å². The summed E-state index contributed by atoms with van der Waals surface area (Å²) in [6.45, 7) is 1.07. The van der Waals surface area contributed by atoms with Crippen LogP contribution in [0.5, 0.6) is 0 Å². The summed E-state index contributed by atoms with van der Waals surface area (Å²) in [5, 5.41) is 9.76. The third-order valence-electron chi connectivity index (χ3n) is 3.94. The summed E-state index contributed by atoms with van der Waals surface area (Å²) in [6.07, 6.45) is 4.04. The molecule has 3 heterocycles. The van der Waals surface area contributed by atoms with Crippen LogP contribution in [-0.2, 0) is 11.3 Å². The first-order valence-electron chi connectivity index (χ1n) is 7.19. The van der Waals surface area contributed by atoms with Crippen LogP contribution in [-0.4, -0.2) is 37.9 Å². The molecule has 0 amide bonds. The molecule has 2 aromatic rings. The predicted octanol–water partition coefficient (Wildman–Crippen LogP) is 1.79. The standard InChI is InChI=1S/C15H16ClN3O3/c16-10-4-5-13-17-11(7-14(20)19(13)8-10)9-18-6-2-1-3-12(18)15(21)22/h4-5,7-8,12H,1-3,6,9H2,(H,21,22). The number of carboxylic acids is 1. The van der Waals surface area contributed by atoms with Crippen LogP contribution >= 0.6 is 11.6 Å². The molecule has 1 atom stereocenters. The van der Waals surface area contributed by atoms with Crippen LogP contribution in [0.2, 0.25) is 5.02 Å². The molecule has 0 saturated carbocycles. The molecule has 1 aliphatic heterocycles. The van der Waals surface area contributed by atoms with Gasteiger partial charge in [-0.15, -0.1) is 0 Å². The zero-order valence-corrected chi connectivity index (χ0v) is 12.7. The molecular weight excluding hydrogens is 306 g/mol. The number of halogens is 1. The van der Waals surface area contributed by atoms with E-state index in [4.69, 9.17) is 11.6 Å². The highest BCUT2D eigenvalue weighted by molar-refractivity contribution is 6.30. The Hall–Kier alpha value is -1.92. The predicted molar refractivity (Wildman–Crippen MR) is 82.2 cm³/mol.